The van der Waals surface area contributed by atoms with E-state index in [-0.39, 0.29) is 0 Å². The minimum Gasteiger partial charge on any atom is -0.497 e. The molecule has 0 unspecified atom stereocenters. The van der Waals surface area contributed by atoms with Gasteiger partial charge in [0, 0.05) is 36.6 Å². The smallest absolute Gasteiger partial charge is 0.118 e. The summed E-state index contributed by atoms with van der Waals surface area (Å²) in [6, 6.07) is 12.0. The van der Waals surface area contributed by atoms with E-state index in [1.807, 2.05) is 36.7 Å². The first-order chi connectivity index (χ1) is 10.9. The van der Waals surface area contributed by atoms with Crippen molar-refractivity contribution in [3.8, 4) is 17.0 Å². The minimum absolute atomic E-state index is 0.743. The summed E-state index contributed by atoms with van der Waals surface area (Å²) in [6.07, 6.45) is 5.45. The Morgan fingerprint density at radius 1 is 1.09 bits per heavy atom. The van der Waals surface area contributed by atoms with Gasteiger partial charge in [-0.05, 0) is 29.8 Å². The fraction of sp³-hybridized carbons (Fsp3) is 0.176. The van der Waals surface area contributed by atoms with Gasteiger partial charge in [0.1, 0.15) is 5.75 Å². The average molecular weight is 294 g/mol. The van der Waals surface area contributed by atoms with Gasteiger partial charge in [-0.25, -0.2) is 0 Å². The Morgan fingerprint density at radius 3 is 2.68 bits per heavy atom. The van der Waals surface area contributed by atoms with Crippen LogP contribution in [0.5, 0.6) is 5.75 Å². The molecule has 0 saturated carbocycles. The molecule has 0 fully saturated rings. The fourth-order valence-corrected chi connectivity index (χ4v) is 2.29. The van der Waals surface area contributed by atoms with Gasteiger partial charge in [0.25, 0.3) is 0 Å². The average Bonchev–Trinajstić information content (AvgIpc) is 3.05. The highest BCUT2D eigenvalue weighted by molar-refractivity contribution is 5.61. The number of aromatic nitrogens is 3. The number of H-pyrrole nitrogens is 1. The molecule has 3 rings (SSSR count). The first-order valence-corrected chi connectivity index (χ1v) is 7.13. The van der Waals surface area contributed by atoms with E-state index >= 15 is 0 Å². The van der Waals surface area contributed by atoms with Crippen LogP contribution in [-0.4, -0.2) is 22.3 Å². The van der Waals surface area contributed by atoms with Crippen LogP contribution >= 0.6 is 0 Å². The molecule has 0 aliphatic carbocycles. The zero-order valence-electron chi connectivity index (χ0n) is 12.4. The van der Waals surface area contributed by atoms with Crippen molar-refractivity contribution in [1.29, 1.82) is 0 Å². The highest BCUT2D eigenvalue weighted by Crippen LogP contribution is 2.19. The highest BCUT2D eigenvalue weighted by Gasteiger charge is 2.07. The van der Waals surface area contributed by atoms with Gasteiger partial charge in [-0.3, -0.25) is 10.1 Å². The largest absolute Gasteiger partial charge is 0.497 e. The number of hydrogen-bond donors (Lipinski definition) is 2. The molecule has 112 valence electrons. The van der Waals surface area contributed by atoms with E-state index in [1.54, 1.807) is 13.3 Å². The molecule has 2 heterocycles. The Kier molecular flexibility index (Phi) is 4.46. The van der Waals surface area contributed by atoms with Crippen molar-refractivity contribution in [2.45, 2.75) is 13.1 Å². The molecule has 0 aliphatic heterocycles. The lowest BCUT2D eigenvalue weighted by atomic mass is 10.1. The molecule has 5 heteroatoms. The molecule has 0 aliphatic rings. The Morgan fingerprint density at radius 2 is 1.95 bits per heavy atom. The van der Waals surface area contributed by atoms with Gasteiger partial charge < -0.3 is 10.1 Å². The van der Waals surface area contributed by atoms with Gasteiger partial charge in [-0.2, -0.15) is 5.10 Å². The summed E-state index contributed by atoms with van der Waals surface area (Å²) in [4.78, 5) is 4.15. The molecule has 1 aromatic carbocycles. The lowest BCUT2D eigenvalue weighted by Crippen LogP contribution is -2.12. The molecule has 3 aromatic rings. The summed E-state index contributed by atoms with van der Waals surface area (Å²) >= 11 is 0. The molecule has 0 amide bonds. The molecule has 5 nitrogen and oxygen atoms in total. The molecule has 0 spiro atoms. The van der Waals surface area contributed by atoms with Crippen LogP contribution in [0.3, 0.4) is 0 Å². The molecule has 0 saturated heterocycles. The van der Waals surface area contributed by atoms with Crippen molar-refractivity contribution in [1.82, 2.24) is 20.5 Å². The number of aromatic amines is 1. The van der Waals surface area contributed by atoms with Crippen molar-refractivity contribution in [3.05, 3.63) is 66.1 Å². The number of pyridine rings is 1. The molecule has 0 atom stereocenters. The van der Waals surface area contributed by atoms with Crippen molar-refractivity contribution in [2.75, 3.05) is 7.11 Å². The van der Waals surface area contributed by atoms with E-state index in [0.717, 1.165) is 35.7 Å². The van der Waals surface area contributed by atoms with Crippen LogP contribution in [0.15, 0.2) is 55.0 Å². The van der Waals surface area contributed by atoms with Crippen LogP contribution in [0.1, 0.15) is 11.1 Å². The fourth-order valence-electron chi connectivity index (χ4n) is 2.29. The van der Waals surface area contributed by atoms with E-state index in [4.69, 9.17) is 4.74 Å². The van der Waals surface area contributed by atoms with Crippen LogP contribution in [0.25, 0.3) is 11.3 Å². The lowest BCUT2D eigenvalue weighted by Gasteiger charge is -2.07. The van der Waals surface area contributed by atoms with Gasteiger partial charge >= 0.3 is 0 Å². The molecular weight excluding hydrogens is 276 g/mol. The summed E-state index contributed by atoms with van der Waals surface area (Å²) in [5.41, 5.74) is 4.39. The molecule has 0 radical (unpaired) electrons. The topological polar surface area (TPSA) is 62.8 Å². The van der Waals surface area contributed by atoms with Crippen LogP contribution in [0.2, 0.25) is 0 Å². The zero-order valence-corrected chi connectivity index (χ0v) is 12.4. The van der Waals surface area contributed by atoms with E-state index in [9.17, 15) is 0 Å². The number of benzene rings is 1. The highest BCUT2D eigenvalue weighted by atomic mass is 16.5. The summed E-state index contributed by atoms with van der Waals surface area (Å²) in [5.74, 6) is 0.873. The van der Waals surface area contributed by atoms with Gasteiger partial charge in [-0.15, -0.1) is 0 Å². The molecule has 2 N–H and O–H groups in total. The number of nitrogens with zero attached hydrogens (tertiary/aromatic N) is 2. The summed E-state index contributed by atoms with van der Waals surface area (Å²) in [6.45, 7) is 1.54. The predicted molar refractivity (Wildman–Crippen MR) is 85.4 cm³/mol. The molecule has 2 aromatic heterocycles. The van der Waals surface area contributed by atoms with Gasteiger partial charge in [0.05, 0.1) is 19.0 Å². The molecule has 0 bridgehead atoms. The summed E-state index contributed by atoms with van der Waals surface area (Å²) in [5, 5.41) is 10.6. The van der Waals surface area contributed by atoms with Crippen molar-refractivity contribution >= 4 is 0 Å². The molecule has 22 heavy (non-hydrogen) atoms. The maximum atomic E-state index is 5.16. The second-order valence-electron chi connectivity index (χ2n) is 4.96. The third-order valence-corrected chi connectivity index (χ3v) is 3.47. The maximum Gasteiger partial charge on any atom is 0.118 e. The zero-order chi connectivity index (χ0) is 15.2. The maximum absolute atomic E-state index is 5.16. The Hall–Kier alpha value is -2.66. The number of methoxy groups -OCH3 is 1. The van der Waals surface area contributed by atoms with E-state index in [2.05, 4.69) is 32.6 Å². The van der Waals surface area contributed by atoms with Gasteiger partial charge in [0.2, 0.25) is 0 Å². The first kappa shape index (κ1) is 14.3. The standard InChI is InChI=1S/C17H18N4O/c1-22-16-6-4-13(5-7-16)9-19-11-15-12-20-21-17(15)14-3-2-8-18-10-14/h2-8,10,12,19H,9,11H2,1H3,(H,20,21). The normalized spacial score (nSPS) is 10.6. The van der Waals surface area contributed by atoms with E-state index < -0.39 is 0 Å². The second kappa shape index (κ2) is 6.87. The SMILES string of the molecule is COc1ccc(CNCc2cn[nH]c2-c2cccnc2)cc1. The van der Waals surface area contributed by atoms with Crippen LogP contribution < -0.4 is 10.1 Å². The summed E-state index contributed by atoms with van der Waals surface area (Å²) in [7, 11) is 1.67. The Bertz CT molecular complexity index is 707. The summed E-state index contributed by atoms with van der Waals surface area (Å²) < 4.78 is 5.16. The van der Waals surface area contributed by atoms with Gasteiger partial charge in [-0.1, -0.05) is 12.1 Å². The Labute approximate surface area is 129 Å². The van der Waals surface area contributed by atoms with E-state index in [0.29, 0.717) is 0 Å². The monoisotopic (exact) mass is 294 g/mol. The predicted octanol–water partition coefficient (Wildman–Crippen LogP) is 2.77. The van der Waals surface area contributed by atoms with Crippen LogP contribution in [0.4, 0.5) is 0 Å². The van der Waals surface area contributed by atoms with Crippen LogP contribution in [0, 0.1) is 0 Å². The number of ether oxygens (including phenoxy) is 1. The van der Waals surface area contributed by atoms with E-state index in [1.165, 1.54) is 5.56 Å². The van der Waals surface area contributed by atoms with Crippen LogP contribution in [-0.2, 0) is 13.1 Å². The number of rotatable bonds is 6. The third kappa shape index (κ3) is 3.32. The molecular formula is C17H18N4O. The Balaban J connectivity index is 1.61. The second-order valence-corrected chi connectivity index (χ2v) is 4.96. The van der Waals surface area contributed by atoms with Crippen molar-refractivity contribution in [2.24, 2.45) is 0 Å². The van der Waals surface area contributed by atoms with Gasteiger partial charge in [0.15, 0.2) is 0 Å². The quantitative estimate of drug-likeness (QED) is 0.734. The van der Waals surface area contributed by atoms with Crippen molar-refractivity contribution < 1.29 is 4.74 Å². The lowest BCUT2D eigenvalue weighted by molar-refractivity contribution is 0.414. The third-order valence-electron chi connectivity index (χ3n) is 3.47. The number of hydrogen-bond acceptors (Lipinski definition) is 4. The number of nitrogens with one attached hydrogen (secondary N) is 2. The minimum atomic E-state index is 0.743. The van der Waals surface area contributed by atoms with Crippen molar-refractivity contribution in [3.63, 3.8) is 0 Å². The first-order valence-electron chi connectivity index (χ1n) is 7.13.